The molecule has 52 heavy (non-hydrogen) atoms. The lowest BCUT2D eigenvalue weighted by molar-refractivity contribution is 0.481. The summed E-state index contributed by atoms with van der Waals surface area (Å²) in [5, 5.41) is 0. The Balaban J connectivity index is 0.000000175. The number of aryl methyl sites for hydroxylation is 12. The second-order valence-corrected chi connectivity index (χ2v) is 16.1. The predicted octanol–water partition coefficient (Wildman–Crippen LogP) is 13.1. The lowest BCUT2D eigenvalue weighted by atomic mass is 9.98. The largest absolute Gasteiger partial charge is 0.457 e. The van der Waals surface area contributed by atoms with Crippen molar-refractivity contribution in [1.82, 2.24) is 0 Å². The van der Waals surface area contributed by atoms with Gasteiger partial charge in [0.25, 0.3) is 0 Å². The molecule has 0 saturated heterocycles. The maximum atomic E-state index is 12.6. The van der Waals surface area contributed by atoms with Crippen molar-refractivity contribution in [3.63, 3.8) is 0 Å². The van der Waals surface area contributed by atoms with Crippen molar-refractivity contribution in [2.24, 2.45) is 0 Å². The number of ether oxygens (including phenoxy) is 1. The summed E-state index contributed by atoms with van der Waals surface area (Å²) >= 11 is 0. The summed E-state index contributed by atoms with van der Waals surface area (Å²) in [6.07, 6.45) is 0. The van der Waals surface area contributed by atoms with E-state index in [1.54, 1.807) is 24.3 Å². The highest BCUT2D eigenvalue weighted by Crippen LogP contribution is 2.27. The maximum absolute atomic E-state index is 12.6. The van der Waals surface area contributed by atoms with Gasteiger partial charge in [0.2, 0.25) is 9.84 Å². The quantitative estimate of drug-likeness (QED) is 0.179. The first kappa shape index (κ1) is 39.8. The first-order valence-corrected chi connectivity index (χ1v) is 19.3. The molecule has 270 valence electrons. The van der Waals surface area contributed by atoms with Gasteiger partial charge in [-0.15, -0.1) is 0 Å². The molecular weight excluding hydrogens is 657 g/mol. The lowest BCUT2D eigenvalue weighted by Crippen LogP contribution is -2.03. The first-order valence-electron chi connectivity index (χ1n) is 17.8. The minimum absolute atomic E-state index is 0.360. The van der Waals surface area contributed by atoms with Crippen molar-refractivity contribution in [3.05, 3.63) is 176 Å². The van der Waals surface area contributed by atoms with E-state index in [-0.39, 0.29) is 0 Å². The van der Waals surface area contributed by atoms with E-state index < -0.39 is 9.84 Å². The normalized spacial score (nSPS) is 10.8. The maximum Gasteiger partial charge on any atom is 0.206 e. The zero-order valence-electron chi connectivity index (χ0n) is 33.0. The van der Waals surface area contributed by atoms with Crippen LogP contribution in [0.2, 0.25) is 0 Å². The smallest absolute Gasteiger partial charge is 0.206 e. The summed E-state index contributed by atoms with van der Waals surface area (Å²) in [5.41, 5.74) is 17.3. The molecule has 0 aromatic heterocycles. The minimum Gasteiger partial charge on any atom is -0.457 e. The average Bonchev–Trinajstić information content (AvgIpc) is 3.10. The number of benzene rings is 6. The standard InChI is InChI=1S/C16H18O2S.C16H18O.C16H18/c1-11-5-7-15(9-13(11)3)19(17,18)16-8-6-12(2)14(4)10-16;1-11-5-7-15(9-13(11)3)17-16-8-6-12(2)14(4)10-16;1-11-5-7-15(9-13(11)3)16-8-6-12(2)14(4)10-16/h5-10H,1-4H3;5-10H,1-4H3;5-10H,1-4H3. The lowest BCUT2D eigenvalue weighted by Gasteiger charge is -2.09. The predicted molar refractivity (Wildman–Crippen MR) is 220 cm³/mol. The Morgan fingerprint density at radius 3 is 0.865 bits per heavy atom. The molecule has 0 unspecified atom stereocenters. The van der Waals surface area contributed by atoms with Gasteiger partial charge >= 0.3 is 0 Å². The molecule has 0 spiro atoms. The van der Waals surface area contributed by atoms with E-state index in [9.17, 15) is 8.42 Å². The van der Waals surface area contributed by atoms with Gasteiger partial charge in [0.1, 0.15) is 11.5 Å². The van der Waals surface area contributed by atoms with Crippen molar-refractivity contribution in [2.45, 2.75) is 92.9 Å². The van der Waals surface area contributed by atoms with Gasteiger partial charge < -0.3 is 4.74 Å². The van der Waals surface area contributed by atoms with Crippen LogP contribution in [0.3, 0.4) is 0 Å². The molecule has 6 rings (SSSR count). The fourth-order valence-corrected chi connectivity index (χ4v) is 6.86. The molecule has 0 heterocycles. The van der Waals surface area contributed by atoms with Crippen LogP contribution in [0.4, 0.5) is 0 Å². The molecule has 0 fully saturated rings. The first-order chi connectivity index (χ1) is 24.5. The third-order valence-corrected chi connectivity index (χ3v) is 11.9. The van der Waals surface area contributed by atoms with E-state index >= 15 is 0 Å². The summed E-state index contributed by atoms with van der Waals surface area (Å²) in [5.74, 6) is 1.80. The fraction of sp³-hybridized carbons (Fsp3) is 0.250. The number of rotatable bonds is 5. The molecule has 0 radical (unpaired) electrons. The fourth-order valence-electron chi connectivity index (χ4n) is 5.43. The molecule has 0 aliphatic heterocycles. The zero-order valence-corrected chi connectivity index (χ0v) is 33.8. The van der Waals surface area contributed by atoms with Gasteiger partial charge in [-0.1, -0.05) is 60.7 Å². The summed E-state index contributed by atoms with van der Waals surface area (Å²) in [6, 6.07) is 36.2. The van der Waals surface area contributed by atoms with Crippen LogP contribution in [-0.2, 0) is 9.84 Å². The van der Waals surface area contributed by atoms with E-state index in [1.807, 2.05) is 52.0 Å². The molecule has 6 aromatic rings. The Labute approximate surface area is 313 Å². The molecular formula is C48H54O3S. The van der Waals surface area contributed by atoms with E-state index in [4.69, 9.17) is 4.74 Å². The Hall–Kier alpha value is -4.93. The van der Waals surface area contributed by atoms with Crippen molar-refractivity contribution in [1.29, 1.82) is 0 Å². The van der Waals surface area contributed by atoms with Crippen molar-refractivity contribution in [3.8, 4) is 22.6 Å². The highest BCUT2D eigenvalue weighted by molar-refractivity contribution is 7.91. The summed E-state index contributed by atoms with van der Waals surface area (Å²) in [4.78, 5) is 0.720. The average molecular weight is 711 g/mol. The Bertz CT molecular complexity index is 2160. The van der Waals surface area contributed by atoms with Crippen LogP contribution in [-0.4, -0.2) is 8.42 Å². The van der Waals surface area contributed by atoms with E-state index in [1.165, 1.54) is 55.6 Å². The van der Waals surface area contributed by atoms with Crippen molar-refractivity contribution in [2.75, 3.05) is 0 Å². The second kappa shape index (κ2) is 17.1. The van der Waals surface area contributed by atoms with Gasteiger partial charge in [0, 0.05) is 0 Å². The Kier molecular flexibility index (Phi) is 13.1. The van der Waals surface area contributed by atoms with Gasteiger partial charge in [-0.25, -0.2) is 8.42 Å². The van der Waals surface area contributed by atoms with E-state index in [0.29, 0.717) is 9.79 Å². The van der Waals surface area contributed by atoms with Crippen molar-refractivity contribution >= 4 is 9.84 Å². The summed E-state index contributed by atoms with van der Waals surface area (Å²) in [7, 11) is -3.42. The molecule has 0 aliphatic rings. The van der Waals surface area contributed by atoms with Crippen LogP contribution in [0.15, 0.2) is 119 Å². The molecule has 0 amide bonds. The molecule has 0 atom stereocenters. The zero-order chi connectivity index (χ0) is 38.3. The van der Waals surface area contributed by atoms with Gasteiger partial charge in [-0.05, 0) is 210 Å². The second-order valence-electron chi connectivity index (χ2n) is 14.2. The third kappa shape index (κ3) is 10.1. The van der Waals surface area contributed by atoms with Crippen LogP contribution in [0.5, 0.6) is 11.5 Å². The molecule has 0 aliphatic carbocycles. The summed E-state index contributed by atoms with van der Waals surface area (Å²) < 4.78 is 31.0. The number of hydrogen-bond acceptors (Lipinski definition) is 3. The van der Waals surface area contributed by atoms with Gasteiger partial charge in [0.05, 0.1) is 9.79 Å². The molecule has 4 heteroatoms. The SMILES string of the molecule is Cc1ccc(-c2ccc(C)c(C)c2)cc1C.Cc1ccc(Oc2ccc(C)c(C)c2)cc1C.Cc1ccc(S(=O)(=O)c2ccc(C)c(C)c2)cc1C. The van der Waals surface area contributed by atoms with Crippen LogP contribution in [0.25, 0.3) is 11.1 Å². The van der Waals surface area contributed by atoms with Gasteiger partial charge in [-0.3, -0.25) is 0 Å². The molecule has 0 saturated carbocycles. The van der Waals surface area contributed by atoms with Crippen LogP contribution in [0, 0.1) is 83.1 Å². The molecule has 3 nitrogen and oxygen atoms in total. The van der Waals surface area contributed by atoms with Gasteiger partial charge in [0.15, 0.2) is 0 Å². The monoisotopic (exact) mass is 710 g/mol. The topological polar surface area (TPSA) is 43.4 Å². The Morgan fingerprint density at radius 1 is 0.308 bits per heavy atom. The number of hydrogen-bond donors (Lipinski definition) is 0. The molecule has 0 N–H and O–H groups in total. The number of sulfone groups is 1. The third-order valence-electron chi connectivity index (χ3n) is 10.1. The molecule has 6 aromatic carbocycles. The molecule has 0 bridgehead atoms. The van der Waals surface area contributed by atoms with Crippen LogP contribution < -0.4 is 4.74 Å². The highest BCUT2D eigenvalue weighted by Gasteiger charge is 2.18. The van der Waals surface area contributed by atoms with E-state index in [2.05, 4.69) is 116 Å². The van der Waals surface area contributed by atoms with Crippen molar-refractivity contribution < 1.29 is 13.2 Å². The van der Waals surface area contributed by atoms with E-state index in [0.717, 1.165) is 33.8 Å². The van der Waals surface area contributed by atoms with Gasteiger partial charge in [-0.2, -0.15) is 0 Å². The highest BCUT2D eigenvalue weighted by atomic mass is 32.2. The Morgan fingerprint density at radius 2 is 0.577 bits per heavy atom. The van der Waals surface area contributed by atoms with Crippen LogP contribution in [0.1, 0.15) is 66.8 Å². The van der Waals surface area contributed by atoms with Crippen LogP contribution >= 0.6 is 0 Å². The summed E-state index contributed by atoms with van der Waals surface area (Å²) in [6.45, 7) is 24.8. The minimum atomic E-state index is -3.42.